The molecule has 0 saturated heterocycles. The first kappa shape index (κ1) is 13.3. The minimum absolute atomic E-state index is 0.218. The number of allylic oxidation sites excluding steroid dienone is 4. The second-order valence-electron chi connectivity index (χ2n) is 4.33. The molecule has 17 heavy (non-hydrogen) atoms. The highest BCUT2D eigenvalue weighted by molar-refractivity contribution is 5.85. The molecule has 0 saturated carbocycles. The maximum absolute atomic E-state index is 10.8. The Balaban J connectivity index is 2.38. The van der Waals surface area contributed by atoms with Crippen LogP contribution in [0.25, 0.3) is 0 Å². The summed E-state index contributed by atoms with van der Waals surface area (Å²) in [6, 6.07) is 0. The fourth-order valence-electron chi connectivity index (χ4n) is 1.38. The largest absolute Gasteiger partial charge is 0.458 e. The van der Waals surface area contributed by atoms with E-state index in [0.717, 1.165) is 24.0 Å². The van der Waals surface area contributed by atoms with E-state index in [2.05, 4.69) is 17.9 Å². The van der Waals surface area contributed by atoms with Crippen LogP contribution >= 0.6 is 0 Å². The standard InChI is InChI=1S/C15H18O2/c1-12(2)6-4-7-13(3)8-5-9-14-10-15(16)17-11-14/h6,8,10H,5,9,11H2,1-3H3. The Kier molecular flexibility index (Phi) is 5.29. The number of cyclic esters (lactones) is 1. The normalized spacial score (nSPS) is 14.6. The Hall–Kier alpha value is -1.75. The SMILES string of the molecule is CC(C)=CC#CC(C)=CCCC1=CC(=O)OC1. The van der Waals surface area contributed by atoms with E-state index in [9.17, 15) is 4.79 Å². The Morgan fingerprint density at radius 1 is 1.47 bits per heavy atom. The summed E-state index contributed by atoms with van der Waals surface area (Å²) in [5.74, 6) is 5.84. The lowest BCUT2D eigenvalue weighted by atomic mass is 10.1. The lowest BCUT2D eigenvalue weighted by molar-refractivity contribution is -0.134. The van der Waals surface area contributed by atoms with Gasteiger partial charge in [-0.3, -0.25) is 0 Å². The topological polar surface area (TPSA) is 26.3 Å². The van der Waals surface area contributed by atoms with Crippen LogP contribution in [-0.2, 0) is 9.53 Å². The van der Waals surface area contributed by atoms with Crippen molar-refractivity contribution in [2.45, 2.75) is 33.6 Å². The number of hydrogen-bond donors (Lipinski definition) is 0. The maximum Gasteiger partial charge on any atom is 0.331 e. The van der Waals surface area contributed by atoms with Crippen molar-refractivity contribution in [3.63, 3.8) is 0 Å². The van der Waals surface area contributed by atoms with Gasteiger partial charge in [-0.1, -0.05) is 23.5 Å². The molecule has 1 aliphatic heterocycles. The number of carbonyl (C=O) groups is 1. The summed E-state index contributed by atoms with van der Waals surface area (Å²) in [6.45, 7) is 6.50. The second kappa shape index (κ2) is 6.75. The molecule has 0 amide bonds. The van der Waals surface area contributed by atoms with Gasteiger partial charge in [0.2, 0.25) is 0 Å². The summed E-state index contributed by atoms with van der Waals surface area (Å²) in [7, 11) is 0. The third-order valence-corrected chi connectivity index (χ3v) is 2.27. The minimum Gasteiger partial charge on any atom is -0.458 e. The molecule has 0 aliphatic carbocycles. The van der Waals surface area contributed by atoms with Crippen molar-refractivity contribution in [1.82, 2.24) is 0 Å². The zero-order valence-electron chi connectivity index (χ0n) is 10.7. The summed E-state index contributed by atoms with van der Waals surface area (Å²) in [5.41, 5.74) is 3.33. The molecule has 1 aliphatic rings. The number of carbonyl (C=O) groups excluding carboxylic acids is 1. The van der Waals surface area contributed by atoms with Crippen LogP contribution in [0.4, 0.5) is 0 Å². The van der Waals surface area contributed by atoms with Gasteiger partial charge in [0.05, 0.1) is 0 Å². The third kappa shape index (κ3) is 5.77. The Morgan fingerprint density at radius 3 is 2.82 bits per heavy atom. The molecule has 2 heteroatoms. The van der Waals surface area contributed by atoms with Crippen LogP contribution in [0.2, 0.25) is 0 Å². The van der Waals surface area contributed by atoms with Crippen LogP contribution in [-0.4, -0.2) is 12.6 Å². The molecular formula is C15H18O2. The molecule has 0 radical (unpaired) electrons. The quantitative estimate of drug-likeness (QED) is 0.550. The van der Waals surface area contributed by atoms with E-state index in [-0.39, 0.29) is 5.97 Å². The zero-order chi connectivity index (χ0) is 12.7. The van der Waals surface area contributed by atoms with Gasteiger partial charge in [-0.25, -0.2) is 4.79 Å². The fourth-order valence-corrected chi connectivity index (χ4v) is 1.38. The van der Waals surface area contributed by atoms with Gasteiger partial charge in [0.25, 0.3) is 0 Å². The van der Waals surface area contributed by atoms with E-state index in [1.807, 2.05) is 26.8 Å². The van der Waals surface area contributed by atoms with E-state index >= 15 is 0 Å². The van der Waals surface area contributed by atoms with E-state index in [1.165, 1.54) is 5.57 Å². The number of rotatable bonds is 3. The summed E-state index contributed by atoms with van der Waals surface area (Å²) in [4.78, 5) is 10.8. The molecule has 1 rings (SSSR count). The number of hydrogen-bond acceptors (Lipinski definition) is 2. The lowest BCUT2D eigenvalue weighted by Gasteiger charge is -1.96. The van der Waals surface area contributed by atoms with Gasteiger partial charge in [-0.2, -0.15) is 0 Å². The molecule has 0 spiro atoms. The van der Waals surface area contributed by atoms with Crippen molar-refractivity contribution in [2.75, 3.05) is 6.61 Å². The second-order valence-corrected chi connectivity index (χ2v) is 4.33. The summed E-state index contributed by atoms with van der Waals surface area (Å²) in [5, 5.41) is 0. The van der Waals surface area contributed by atoms with Crippen LogP contribution in [0.1, 0.15) is 33.6 Å². The minimum atomic E-state index is -0.218. The predicted molar refractivity (Wildman–Crippen MR) is 69.2 cm³/mol. The number of esters is 1. The van der Waals surface area contributed by atoms with Gasteiger partial charge < -0.3 is 4.74 Å². The van der Waals surface area contributed by atoms with E-state index in [4.69, 9.17) is 4.74 Å². The maximum atomic E-state index is 10.8. The van der Waals surface area contributed by atoms with Crippen LogP contribution in [0.15, 0.2) is 34.9 Å². The molecule has 90 valence electrons. The fraction of sp³-hybridized carbons (Fsp3) is 0.400. The molecule has 0 fully saturated rings. The molecule has 0 aromatic rings. The summed E-state index contributed by atoms with van der Waals surface area (Å²) in [6.07, 6.45) is 7.35. The number of ether oxygens (including phenoxy) is 1. The van der Waals surface area contributed by atoms with E-state index < -0.39 is 0 Å². The van der Waals surface area contributed by atoms with E-state index in [0.29, 0.717) is 6.61 Å². The van der Waals surface area contributed by atoms with Gasteiger partial charge in [0.15, 0.2) is 0 Å². The van der Waals surface area contributed by atoms with Gasteiger partial charge in [0.1, 0.15) is 6.61 Å². The van der Waals surface area contributed by atoms with Crippen LogP contribution in [0.3, 0.4) is 0 Å². The van der Waals surface area contributed by atoms with Gasteiger partial charge >= 0.3 is 5.97 Å². The first-order chi connectivity index (χ1) is 8.08. The van der Waals surface area contributed by atoms with Gasteiger partial charge in [-0.15, -0.1) is 0 Å². The molecule has 0 aromatic heterocycles. The first-order valence-electron chi connectivity index (χ1n) is 5.76. The lowest BCUT2D eigenvalue weighted by Crippen LogP contribution is -1.91. The van der Waals surface area contributed by atoms with Crippen molar-refractivity contribution >= 4 is 5.97 Å². The van der Waals surface area contributed by atoms with Gasteiger partial charge in [0, 0.05) is 6.08 Å². The summed E-state index contributed by atoms with van der Waals surface area (Å²) < 4.78 is 4.83. The average Bonchev–Trinajstić information content (AvgIpc) is 2.63. The molecule has 2 nitrogen and oxygen atoms in total. The molecule has 0 aromatic carbocycles. The average molecular weight is 230 g/mol. The third-order valence-electron chi connectivity index (χ3n) is 2.27. The Bertz CT molecular complexity index is 435. The smallest absolute Gasteiger partial charge is 0.331 e. The predicted octanol–water partition coefficient (Wildman–Crippen LogP) is 3.17. The Morgan fingerprint density at radius 2 is 2.24 bits per heavy atom. The van der Waals surface area contributed by atoms with Crippen molar-refractivity contribution in [1.29, 1.82) is 0 Å². The van der Waals surface area contributed by atoms with Crippen LogP contribution in [0.5, 0.6) is 0 Å². The molecule has 0 atom stereocenters. The van der Waals surface area contributed by atoms with Gasteiger partial charge in [-0.05, 0) is 50.8 Å². The molecule has 0 bridgehead atoms. The highest BCUT2D eigenvalue weighted by Crippen LogP contribution is 2.13. The highest BCUT2D eigenvalue weighted by atomic mass is 16.5. The molecular weight excluding hydrogens is 212 g/mol. The van der Waals surface area contributed by atoms with Crippen molar-refractivity contribution in [3.05, 3.63) is 34.9 Å². The monoisotopic (exact) mass is 230 g/mol. The van der Waals surface area contributed by atoms with E-state index in [1.54, 1.807) is 6.08 Å². The van der Waals surface area contributed by atoms with Crippen LogP contribution in [0, 0.1) is 11.8 Å². The van der Waals surface area contributed by atoms with Crippen LogP contribution < -0.4 is 0 Å². The zero-order valence-corrected chi connectivity index (χ0v) is 10.7. The van der Waals surface area contributed by atoms with Crippen molar-refractivity contribution in [2.24, 2.45) is 0 Å². The first-order valence-corrected chi connectivity index (χ1v) is 5.76. The molecule has 0 unspecified atom stereocenters. The highest BCUT2D eigenvalue weighted by Gasteiger charge is 2.11. The Labute approximate surface area is 103 Å². The molecule has 0 N–H and O–H groups in total. The van der Waals surface area contributed by atoms with Crippen molar-refractivity contribution in [3.8, 4) is 11.8 Å². The molecule has 1 heterocycles. The summed E-state index contributed by atoms with van der Waals surface area (Å²) >= 11 is 0. The van der Waals surface area contributed by atoms with Crippen molar-refractivity contribution < 1.29 is 9.53 Å².